The third-order valence-corrected chi connectivity index (χ3v) is 6.88. The number of nitrogens with one attached hydrogen (secondary N) is 1. The molecule has 0 radical (unpaired) electrons. The zero-order valence-electron chi connectivity index (χ0n) is 21.0. The van der Waals surface area contributed by atoms with Crippen molar-refractivity contribution < 1.29 is 19.2 Å². The first-order chi connectivity index (χ1) is 17.4. The third kappa shape index (κ3) is 6.94. The largest absolute Gasteiger partial charge is 0.492 e. The van der Waals surface area contributed by atoms with Gasteiger partial charge in [-0.25, -0.2) is 10.3 Å². The Morgan fingerprint density at radius 2 is 1.86 bits per heavy atom. The van der Waals surface area contributed by atoms with Crippen molar-refractivity contribution in [1.82, 2.24) is 15.3 Å². The fourth-order valence-corrected chi connectivity index (χ4v) is 4.57. The van der Waals surface area contributed by atoms with Crippen LogP contribution in [0.2, 0.25) is 0 Å². The summed E-state index contributed by atoms with van der Waals surface area (Å²) in [6.07, 6.45) is 1.28. The number of fused-ring (bicyclic) bond motifs is 1. The van der Waals surface area contributed by atoms with Crippen LogP contribution in [0.1, 0.15) is 23.1 Å². The first-order valence-electron chi connectivity index (χ1n) is 12.5. The number of aryl methyl sites for hydroxylation is 2. The maximum atomic E-state index is 12.5. The van der Waals surface area contributed by atoms with Gasteiger partial charge in [0, 0.05) is 49.6 Å². The fraction of sp³-hybridized carbons (Fsp3) is 0.429. The predicted octanol–water partition coefficient (Wildman–Crippen LogP) is 3.02. The van der Waals surface area contributed by atoms with Crippen molar-refractivity contribution in [2.45, 2.75) is 26.2 Å². The quantitative estimate of drug-likeness (QED) is 0.255. The minimum Gasteiger partial charge on any atom is -0.492 e. The molecule has 3 aromatic rings. The van der Waals surface area contributed by atoms with Crippen molar-refractivity contribution in [2.24, 2.45) is 5.92 Å². The molecular formula is C28H35N3O5. The molecule has 8 nitrogen and oxygen atoms in total. The predicted molar refractivity (Wildman–Crippen MR) is 139 cm³/mol. The summed E-state index contributed by atoms with van der Waals surface area (Å²) in [6, 6.07) is 15.3. The number of nitrogens with zero attached hydrogens (tertiary/aromatic N) is 2. The van der Waals surface area contributed by atoms with Gasteiger partial charge in [0.15, 0.2) is 0 Å². The molecule has 4 rings (SSSR count). The van der Waals surface area contributed by atoms with E-state index in [9.17, 15) is 14.8 Å². The van der Waals surface area contributed by atoms with Gasteiger partial charge in [0.05, 0.1) is 0 Å². The number of amides is 1. The Kier molecular flexibility index (Phi) is 8.74. The summed E-state index contributed by atoms with van der Waals surface area (Å²) < 4.78 is 11.4. The Balaban J connectivity index is 1.32. The van der Waals surface area contributed by atoms with E-state index in [1.54, 1.807) is 17.6 Å². The number of ether oxygens (including phenoxy) is 1. The lowest BCUT2D eigenvalue weighted by Crippen LogP contribution is -2.45. The first kappa shape index (κ1) is 25.9. The summed E-state index contributed by atoms with van der Waals surface area (Å²) in [6.45, 7) is 7.86. The molecule has 1 fully saturated rings. The monoisotopic (exact) mass is 493 g/mol. The molecule has 8 heteroatoms. The summed E-state index contributed by atoms with van der Waals surface area (Å²) in [5.41, 5.74) is 4.34. The molecule has 1 saturated heterocycles. The Hall–Kier alpha value is -3.20. The van der Waals surface area contributed by atoms with Crippen molar-refractivity contribution in [3.8, 4) is 5.75 Å². The van der Waals surface area contributed by atoms with E-state index < -0.39 is 17.5 Å². The highest BCUT2D eigenvalue weighted by atomic mass is 16.5. The van der Waals surface area contributed by atoms with Crippen LogP contribution in [0, 0.1) is 12.8 Å². The summed E-state index contributed by atoms with van der Waals surface area (Å²) >= 11 is 0. The Morgan fingerprint density at radius 3 is 2.58 bits per heavy atom. The lowest BCUT2D eigenvalue weighted by molar-refractivity contribution is -0.133. The Bertz CT molecular complexity index is 1220. The third-order valence-electron chi connectivity index (χ3n) is 6.88. The van der Waals surface area contributed by atoms with E-state index >= 15 is 0 Å². The molecule has 36 heavy (non-hydrogen) atoms. The van der Waals surface area contributed by atoms with Gasteiger partial charge in [0.25, 0.3) is 0 Å². The lowest BCUT2D eigenvalue weighted by atomic mass is 9.92. The van der Waals surface area contributed by atoms with E-state index in [0.717, 1.165) is 55.0 Å². The van der Waals surface area contributed by atoms with E-state index in [2.05, 4.69) is 16.8 Å². The fourth-order valence-electron chi connectivity index (χ4n) is 4.57. The van der Waals surface area contributed by atoms with Gasteiger partial charge < -0.3 is 14.1 Å². The van der Waals surface area contributed by atoms with Gasteiger partial charge in [-0.15, -0.1) is 0 Å². The summed E-state index contributed by atoms with van der Waals surface area (Å²) in [4.78, 5) is 29.6. The summed E-state index contributed by atoms with van der Waals surface area (Å²) in [5, 5.41) is 10.1. The van der Waals surface area contributed by atoms with E-state index in [1.165, 1.54) is 0 Å². The topological polar surface area (TPSA) is 95.2 Å². The number of piperazine rings is 1. The van der Waals surface area contributed by atoms with E-state index in [0.29, 0.717) is 30.6 Å². The minimum absolute atomic E-state index is 0.187. The number of hydroxylamine groups is 1. The van der Waals surface area contributed by atoms with Gasteiger partial charge in [-0.3, -0.25) is 14.9 Å². The molecule has 1 aromatic heterocycles. The van der Waals surface area contributed by atoms with Gasteiger partial charge in [-0.2, -0.15) is 0 Å². The van der Waals surface area contributed by atoms with Crippen LogP contribution in [0.5, 0.6) is 5.75 Å². The van der Waals surface area contributed by atoms with Crippen molar-refractivity contribution in [3.63, 3.8) is 0 Å². The van der Waals surface area contributed by atoms with Crippen LogP contribution in [-0.4, -0.2) is 67.3 Å². The first-order valence-corrected chi connectivity index (χ1v) is 12.5. The lowest BCUT2D eigenvalue weighted by Gasteiger charge is -2.32. The normalized spacial score (nSPS) is 15.6. The van der Waals surface area contributed by atoms with Crippen LogP contribution < -0.4 is 15.8 Å². The highest BCUT2D eigenvalue weighted by Gasteiger charge is 2.21. The van der Waals surface area contributed by atoms with Gasteiger partial charge in [-0.05, 0) is 69.1 Å². The molecule has 0 aliphatic carbocycles. The average molecular weight is 494 g/mol. The van der Waals surface area contributed by atoms with E-state index in [1.807, 2.05) is 43.3 Å². The molecule has 1 atom stereocenters. The highest BCUT2D eigenvalue weighted by Crippen LogP contribution is 2.20. The number of carbonyl (C=O) groups is 1. The van der Waals surface area contributed by atoms with Crippen molar-refractivity contribution in [2.75, 3.05) is 46.4 Å². The van der Waals surface area contributed by atoms with E-state index in [4.69, 9.17) is 9.15 Å². The van der Waals surface area contributed by atoms with Crippen LogP contribution in [0.4, 0.5) is 0 Å². The summed E-state index contributed by atoms with van der Waals surface area (Å²) in [5.74, 6) is -0.260. The van der Waals surface area contributed by atoms with E-state index in [-0.39, 0.29) is 6.42 Å². The second kappa shape index (κ2) is 12.2. The number of carbonyl (C=O) groups excluding carboxylic acids is 1. The number of benzene rings is 2. The zero-order valence-corrected chi connectivity index (χ0v) is 21.0. The molecule has 1 aliphatic heterocycles. The standard InChI is InChI=1S/C28H35N3O5/c1-20-3-10-26-23(17-20)19-24(28(33)36-26)18-22(27(32)29-34)7-4-21-5-8-25(9-6-21)35-16-15-31-13-11-30(2)12-14-31/h3,5-6,8-10,17,19,22,34H,4,7,11-16,18H2,1-2H3,(H,29,32). The number of likely N-dealkylation sites (N-methyl/N-ethyl adjacent to an activating group) is 1. The van der Waals surface area contributed by atoms with Gasteiger partial charge in [-0.1, -0.05) is 23.8 Å². The maximum absolute atomic E-state index is 12.5. The van der Waals surface area contributed by atoms with Crippen LogP contribution >= 0.6 is 0 Å². The van der Waals surface area contributed by atoms with Crippen LogP contribution in [-0.2, 0) is 17.6 Å². The van der Waals surface area contributed by atoms with Crippen molar-refractivity contribution in [3.05, 3.63) is 75.6 Å². The van der Waals surface area contributed by atoms with Crippen LogP contribution in [0.25, 0.3) is 11.0 Å². The molecule has 0 saturated carbocycles. The number of rotatable bonds is 10. The molecular weight excluding hydrogens is 458 g/mol. The van der Waals surface area contributed by atoms with Gasteiger partial charge in [0.2, 0.25) is 5.91 Å². The molecule has 2 aromatic carbocycles. The molecule has 0 spiro atoms. The average Bonchev–Trinajstić information content (AvgIpc) is 2.88. The number of hydrogen-bond donors (Lipinski definition) is 2. The highest BCUT2D eigenvalue weighted by molar-refractivity contribution is 5.79. The van der Waals surface area contributed by atoms with Crippen molar-refractivity contribution in [1.29, 1.82) is 0 Å². The van der Waals surface area contributed by atoms with Crippen LogP contribution in [0.3, 0.4) is 0 Å². The second-order valence-electron chi connectivity index (χ2n) is 9.65. The minimum atomic E-state index is -0.570. The molecule has 1 unspecified atom stereocenters. The molecule has 1 amide bonds. The molecule has 1 aliphatic rings. The molecule has 0 bridgehead atoms. The smallest absolute Gasteiger partial charge is 0.339 e. The molecule has 2 N–H and O–H groups in total. The Labute approximate surface area is 211 Å². The van der Waals surface area contributed by atoms with Crippen LogP contribution in [0.15, 0.2) is 57.7 Å². The SMILES string of the molecule is Cc1ccc2oc(=O)c(CC(CCc3ccc(OCCN4CCN(C)CC4)cc3)C(=O)NO)cc2c1. The van der Waals surface area contributed by atoms with Crippen molar-refractivity contribution >= 4 is 16.9 Å². The maximum Gasteiger partial charge on any atom is 0.339 e. The van der Waals surface area contributed by atoms with Gasteiger partial charge >= 0.3 is 5.63 Å². The zero-order chi connectivity index (χ0) is 25.5. The number of hydrogen-bond acceptors (Lipinski definition) is 7. The molecule has 2 heterocycles. The van der Waals surface area contributed by atoms with Gasteiger partial charge in [0.1, 0.15) is 17.9 Å². The Morgan fingerprint density at radius 1 is 1.11 bits per heavy atom. The second-order valence-corrected chi connectivity index (χ2v) is 9.65. The molecule has 192 valence electrons. The summed E-state index contributed by atoms with van der Waals surface area (Å²) in [7, 11) is 2.15.